The molecule has 28 heavy (non-hydrogen) atoms. The summed E-state index contributed by atoms with van der Waals surface area (Å²) in [7, 11) is 0. The van der Waals surface area contributed by atoms with Gasteiger partial charge in [-0.2, -0.15) is 11.8 Å². The van der Waals surface area contributed by atoms with Gasteiger partial charge in [-0.25, -0.2) is 0 Å². The summed E-state index contributed by atoms with van der Waals surface area (Å²) in [4.78, 5) is 32.0. The number of nitrogens with zero attached hydrogens (tertiary/aromatic N) is 2. The number of carbonyl (C=O) groups excluding carboxylic acids is 2. The first-order chi connectivity index (χ1) is 13.6. The lowest BCUT2D eigenvalue weighted by Gasteiger charge is -2.26. The molecule has 146 valence electrons. The van der Waals surface area contributed by atoms with Crippen molar-refractivity contribution in [1.82, 2.24) is 5.32 Å². The summed E-state index contributed by atoms with van der Waals surface area (Å²) >= 11 is 8.77. The van der Waals surface area contributed by atoms with E-state index in [9.17, 15) is 9.59 Å². The van der Waals surface area contributed by atoms with E-state index in [1.54, 1.807) is 23.9 Å². The standard InChI is InChI=1S/C19H18ClN3O3S2/c20-17-6-5-16(28-17)19(25)21-10-14-9-15(22-26-14)12-1-3-13(4-2-12)23-7-8-27-11-18(23)24/h1-6,14H,7-11H2,(H,21,25). The third kappa shape index (κ3) is 4.34. The first-order valence-electron chi connectivity index (χ1n) is 8.85. The number of amides is 2. The summed E-state index contributed by atoms with van der Waals surface area (Å²) in [6.45, 7) is 1.11. The van der Waals surface area contributed by atoms with Crippen molar-refractivity contribution in [2.45, 2.75) is 12.5 Å². The maximum absolute atomic E-state index is 12.1. The van der Waals surface area contributed by atoms with E-state index in [-0.39, 0.29) is 17.9 Å². The largest absolute Gasteiger partial charge is 0.390 e. The van der Waals surface area contributed by atoms with Crippen LogP contribution in [0.5, 0.6) is 0 Å². The molecule has 1 aromatic heterocycles. The predicted molar refractivity (Wildman–Crippen MR) is 114 cm³/mol. The van der Waals surface area contributed by atoms with Crippen LogP contribution in [0.4, 0.5) is 5.69 Å². The number of carbonyl (C=O) groups is 2. The van der Waals surface area contributed by atoms with Gasteiger partial charge in [-0.15, -0.1) is 11.3 Å². The summed E-state index contributed by atoms with van der Waals surface area (Å²) in [6.07, 6.45) is 0.416. The quantitative estimate of drug-likeness (QED) is 0.781. The number of rotatable bonds is 5. The lowest BCUT2D eigenvalue weighted by molar-refractivity contribution is -0.116. The monoisotopic (exact) mass is 435 g/mol. The molecule has 1 unspecified atom stereocenters. The number of oxime groups is 1. The second-order valence-electron chi connectivity index (χ2n) is 6.43. The number of anilines is 1. The molecule has 2 aromatic rings. The molecule has 2 aliphatic rings. The molecule has 3 heterocycles. The highest BCUT2D eigenvalue weighted by Crippen LogP contribution is 2.24. The van der Waals surface area contributed by atoms with Crippen LogP contribution in [-0.2, 0) is 9.63 Å². The number of thioether (sulfide) groups is 1. The van der Waals surface area contributed by atoms with E-state index >= 15 is 0 Å². The minimum atomic E-state index is -0.199. The van der Waals surface area contributed by atoms with Gasteiger partial charge >= 0.3 is 0 Å². The predicted octanol–water partition coefficient (Wildman–Crippen LogP) is 3.40. The third-order valence-electron chi connectivity index (χ3n) is 4.52. The number of thiophene rings is 1. The Labute approximate surface area is 175 Å². The average Bonchev–Trinajstić information content (AvgIpc) is 3.36. The molecular formula is C19H18ClN3O3S2. The number of halogens is 1. The van der Waals surface area contributed by atoms with Gasteiger partial charge in [0.15, 0.2) is 0 Å². The van der Waals surface area contributed by atoms with E-state index in [0.717, 1.165) is 29.3 Å². The maximum Gasteiger partial charge on any atom is 0.261 e. The van der Waals surface area contributed by atoms with Crippen LogP contribution < -0.4 is 10.2 Å². The first-order valence-corrected chi connectivity index (χ1v) is 11.2. The summed E-state index contributed by atoms with van der Waals surface area (Å²) in [5, 5.41) is 7.01. The molecule has 0 radical (unpaired) electrons. The highest BCUT2D eigenvalue weighted by atomic mass is 35.5. The summed E-state index contributed by atoms with van der Waals surface area (Å²) < 4.78 is 0.585. The normalized spacial score (nSPS) is 19.3. The van der Waals surface area contributed by atoms with Crippen LogP contribution >= 0.6 is 34.7 Å². The van der Waals surface area contributed by atoms with Crippen molar-refractivity contribution in [3.05, 3.63) is 51.2 Å². The van der Waals surface area contributed by atoms with Crippen molar-refractivity contribution < 1.29 is 14.4 Å². The van der Waals surface area contributed by atoms with Crippen LogP contribution in [0.3, 0.4) is 0 Å². The average molecular weight is 436 g/mol. The summed E-state index contributed by atoms with van der Waals surface area (Å²) in [5.41, 5.74) is 2.71. The molecule has 0 bridgehead atoms. The Morgan fingerprint density at radius 3 is 2.82 bits per heavy atom. The minimum Gasteiger partial charge on any atom is -0.390 e. The minimum absolute atomic E-state index is 0.147. The second-order valence-corrected chi connectivity index (χ2v) is 9.25. The van der Waals surface area contributed by atoms with Crippen molar-refractivity contribution in [3.8, 4) is 0 Å². The van der Waals surface area contributed by atoms with Gasteiger partial charge in [-0.05, 0) is 29.8 Å². The van der Waals surface area contributed by atoms with Crippen LogP contribution in [0.15, 0.2) is 41.6 Å². The molecule has 1 atom stereocenters. The van der Waals surface area contributed by atoms with Crippen LogP contribution in [0.1, 0.15) is 21.7 Å². The molecule has 1 aromatic carbocycles. The maximum atomic E-state index is 12.1. The third-order valence-corrected chi connectivity index (χ3v) is 6.67. The Morgan fingerprint density at radius 2 is 2.11 bits per heavy atom. The molecule has 0 aliphatic carbocycles. The highest BCUT2D eigenvalue weighted by molar-refractivity contribution is 8.00. The second kappa shape index (κ2) is 8.55. The van der Waals surface area contributed by atoms with Crippen LogP contribution in [-0.4, -0.2) is 48.2 Å². The fourth-order valence-electron chi connectivity index (χ4n) is 3.06. The van der Waals surface area contributed by atoms with Crippen molar-refractivity contribution >= 4 is 57.9 Å². The lowest BCUT2D eigenvalue weighted by atomic mass is 10.0. The Morgan fingerprint density at radius 1 is 1.29 bits per heavy atom. The van der Waals surface area contributed by atoms with Gasteiger partial charge in [-0.1, -0.05) is 28.9 Å². The number of hydrogen-bond acceptors (Lipinski definition) is 6. The van der Waals surface area contributed by atoms with E-state index in [1.807, 2.05) is 29.2 Å². The van der Waals surface area contributed by atoms with Crippen molar-refractivity contribution in [2.75, 3.05) is 29.5 Å². The Balaban J connectivity index is 1.31. The van der Waals surface area contributed by atoms with Gasteiger partial charge in [0.1, 0.15) is 6.10 Å². The fraction of sp³-hybridized carbons (Fsp3) is 0.316. The number of nitrogens with one attached hydrogen (secondary N) is 1. The summed E-state index contributed by atoms with van der Waals surface area (Å²) in [5.74, 6) is 1.47. The number of benzene rings is 1. The molecular weight excluding hydrogens is 418 g/mol. The van der Waals surface area contributed by atoms with Gasteiger partial charge in [0.2, 0.25) is 5.91 Å². The molecule has 1 N–H and O–H groups in total. The Bertz CT molecular complexity index is 913. The Hall–Kier alpha value is -2.03. The van der Waals surface area contributed by atoms with Crippen LogP contribution in [0.2, 0.25) is 4.34 Å². The first kappa shape index (κ1) is 19.3. The van der Waals surface area contributed by atoms with Gasteiger partial charge in [0.05, 0.1) is 27.2 Å². The molecule has 2 aliphatic heterocycles. The lowest BCUT2D eigenvalue weighted by Crippen LogP contribution is -2.38. The molecule has 6 nitrogen and oxygen atoms in total. The Kier molecular flexibility index (Phi) is 5.89. The van der Waals surface area contributed by atoms with Crippen LogP contribution in [0.25, 0.3) is 0 Å². The highest BCUT2D eigenvalue weighted by Gasteiger charge is 2.24. The molecule has 9 heteroatoms. The molecule has 1 fully saturated rings. The van der Waals surface area contributed by atoms with E-state index in [1.165, 1.54) is 11.3 Å². The van der Waals surface area contributed by atoms with Gasteiger partial charge < -0.3 is 15.1 Å². The number of hydrogen-bond donors (Lipinski definition) is 1. The van der Waals surface area contributed by atoms with Crippen LogP contribution in [0, 0.1) is 0 Å². The zero-order valence-corrected chi connectivity index (χ0v) is 17.3. The van der Waals surface area contributed by atoms with E-state index in [0.29, 0.717) is 27.9 Å². The SMILES string of the molecule is O=C(NCC1CC(c2ccc(N3CCSCC3=O)cc2)=NO1)c1ccc(Cl)s1. The fourth-order valence-corrected chi connectivity index (χ4v) is 4.81. The molecule has 0 saturated carbocycles. The van der Waals surface area contributed by atoms with Gasteiger partial charge in [0, 0.05) is 24.4 Å². The van der Waals surface area contributed by atoms with E-state index in [4.69, 9.17) is 16.4 Å². The summed E-state index contributed by atoms with van der Waals surface area (Å²) in [6, 6.07) is 11.2. The van der Waals surface area contributed by atoms with Gasteiger partial charge in [0.25, 0.3) is 5.91 Å². The van der Waals surface area contributed by atoms with Crippen molar-refractivity contribution in [1.29, 1.82) is 0 Å². The zero-order valence-electron chi connectivity index (χ0n) is 14.9. The smallest absolute Gasteiger partial charge is 0.261 e. The topological polar surface area (TPSA) is 71.0 Å². The molecule has 1 saturated heterocycles. The van der Waals surface area contributed by atoms with E-state index in [2.05, 4.69) is 10.5 Å². The van der Waals surface area contributed by atoms with Crippen molar-refractivity contribution in [2.24, 2.45) is 5.16 Å². The van der Waals surface area contributed by atoms with Crippen molar-refractivity contribution in [3.63, 3.8) is 0 Å². The molecule has 0 spiro atoms. The molecule has 4 rings (SSSR count). The van der Waals surface area contributed by atoms with Gasteiger partial charge in [-0.3, -0.25) is 9.59 Å². The van der Waals surface area contributed by atoms with E-state index < -0.39 is 0 Å². The molecule has 2 amide bonds. The zero-order chi connectivity index (χ0) is 19.5.